The van der Waals surface area contributed by atoms with Crippen molar-refractivity contribution in [3.05, 3.63) is 34.0 Å². The van der Waals surface area contributed by atoms with E-state index in [9.17, 15) is 14.4 Å². The molecule has 24 heavy (non-hydrogen) atoms. The molecule has 0 aromatic carbocycles. The minimum absolute atomic E-state index is 0.0659. The number of nitrogens with one attached hydrogen (secondary N) is 1. The number of carbonyl (C=O) groups excluding carboxylic acids is 2. The Labute approximate surface area is 142 Å². The van der Waals surface area contributed by atoms with E-state index >= 15 is 0 Å². The Balaban J connectivity index is 2.27. The summed E-state index contributed by atoms with van der Waals surface area (Å²) in [6.07, 6.45) is 2.04. The lowest BCUT2D eigenvalue weighted by atomic mass is 10.1. The molecule has 9 heteroatoms. The van der Waals surface area contributed by atoms with Gasteiger partial charge in [-0.2, -0.15) is 5.10 Å². The lowest BCUT2D eigenvalue weighted by Crippen LogP contribution is -2.16. The second kappa shape index (κ2) is 7.26. The average molecular weight is 351 g/mol. The molecule has 2 heterocycles. The van der Waals surface area contributed by atoms with Crippen LogP contribution in [-0.4, -0.2) is 39.8 Å². The summed E-state index contributed by atoms with van der Waals surface area (Å²) in [5.41, 5.74) is 1.25. The van der Waals surface area contributed by atoms with Crippen molar-refractivity contribution in [2.45, 2.75) is 26.8 Å². The van der Waals surface area contributed by atoms with Gasteiger partial charge in [0.2, 0.25) is 0 Å². The van der Waals surface area contributed by atoms with Gasteiger partial charge in [0.25, 0.3) is 5.91 Å². The van der Waals surface area contributed by atoms with Crippen LogP contribution < -0.4 is 5.32 Å². The van der Waals surface area contributed by atoms with Crippen molar-refractivity contribution in [2.24, 2.45) is 0 Å². The molecule has 0 aliphatic heterocycles. The minimum atomic E-state index is -1.06. The monoisotopic (exact) mass is 351 g/mol. The van der Waals surface area contributed by atoms with Gasteiger partial charge >= 0.3 is 11.9 Å². The molecule has 1 amide bonds. The van der Waals surface area contributed by atoms with Gasteiger partial charge in [-0.25, -0.2) is 4.79 Å². The number of ether oxygens (including phenoxy) is 1. The zero-order valence-corrected chi connectivity index (χ0v) is 14.3. The number of rotatable bonds is 6. The van der Waals surface area contributed by atoms with Gasteiger partial charge in [0, 0.05) is 11.1 Å². The van der Waals surface area contributed by atoms with Gasteiger partial charge < -0.3 is 15.2 Å². The van der Waals surface area contributed by atoms with Crippen LogP contribution in [0.2, 0.25) is 0 Å². The highest BCUT2D eigenvalue weighted by atomic mass is 32.1. The van der Waals surface area contributed by atoms with Crippen LogP contribution in [-0.2, 0) is 22.5 Å². The summed E-state index contributed by atoms with van der Waals surface area (Å²) in [4.78, 5) is 35.9. The molecule has 0 atom stereocenters. The van der Waals surface area contributed by atoms with Crippen molar-refractivity contribution in [3.63, 3.8) is 0 Å². The Kier molecular flexibility index (Phi) is 5.35. The predicted molar refractivity (Wildman–Crippen MR) is 87.6 cm³/mol. The lowest BCUT2D eigenvalue weighted by molar-refractivity contribution is -0.137. The van der Waals surface area contributed by atoms with E-state index in [-0.39, 0.29) is 12.2 Å². The number of aliphatic carboxylic acids is 1. The highest BCUT2D eigenvalue weighted by molar-refractivity contribution is 7.16. The quantitative estimate of drug-likeness (QED) is 0.770. The van der Waals surface area contributed by atoms with Crippen LogP contribution in [0.15, 0.2) is 12.3 Å². The van der Waals surface area contributed by atoms with Gasteiger partial charge in [0.1, 0.15) is 11.5 Å². The molecular weight excluding hydrogens is 334 g/mol. The van der Waals surface area contributed by atoms with Crippen LogP contribution in [0.5, 0.6) is 0 Å². The molecule has 2 N–H and O–H groups in total. The Morgan fingerprint density at radius 2 is 2.12 bits per heavy atom. The van der Waals surface area contributed by atoms with E-state index < -0.39 is 17.8 Å². The summed E-state index contributed by atoms with van der Waals surface area (Å²) in [7, 11) is 1.29. The number of esters is 1. The summed E-state index contributed by atoms with van der Waals surface area (Å²) in [6, 6.07) is 1.41. The third-order valence-corrected chi connectivity index (χ3v) is 4.41. The number of anilines is 1. The van der Waals surface area contributed by atoms with Crippen LogP contribution in [0.4, 0.5) is 5.00 Å². The van der Waals surface area contributed by atoms with Crippen LogP contribution in [0.3, 0.4) is 0 Å². The summed E-state index contributed by atoms with van der Waals surface area (Å²) >= 11 is 1.29. The Morgan fingerprint density at radius 1 is 1.42 bits per heavy atom. The zero-order valence-electron chi connectivity index (χ0n) is 13.5. The van der Waals surface area contributed by atoms with Gasteiger partial charge in [0.05, 0.1) is 12.7 Å². The van der Waals surface area contributed by atoms with Gasteiger partial charge in [0.15, 0.2) is 5.69 Å². The normalized spacial score (nSPS) is 10.5. The van der Waals surface area contributed by atoms with Crippen LogP contribution in [0, 0.1) is 6.92 Å². The van der Waals surface area contributed by atoms with Gasteiger partial charge in [-0.15, -0.1) is 11.3 Å². The van der Waals surface area contributed by atoms with E-state index in [2.05, 4.69) is 10.4 Å². The maximum absolute atomic E-state index is 12.3. The molecule has 2 aromatic rings. The SMILES string of the molecule is CCc1c(C)sc(NC(=O)c2ccn(CC(=O)O)n2)c1C(=O)OC. The summed E-state index contributed by atoms with van der Waals surface area (Å²) in [5.74, 6) is -2.09. The first-order chi connectivity index (χ1) is 11.4. The maximum atomic E-state index is 12.3. The van der Waals surface area contributed by atoms with Gasteiger partial charge in [-0.05, 0) is 25.0 Å². The molecule has 0 aliphatic carbocycles. The smallest absolute Gasteiger partial charge is 0.341 e. The third-order valence-electron chi connectivity index (χ3n) is 3.35. The van der Waals surface area contributed by atoms with E-state index in [0.717, 1.165) is 15.1 Å². The summed E-state index contributed by atoms with van der Waals surface area (Å²) < 4.78 is 5.95. The molecule has 0 aliphatic rings. The predicted octanol–water partition coefficient (Wildman–Crippen LogP) is 1.94. The van der Waals surface area contributed by atoms with Gasteiger partial charge in [-0.1, -0.05) is 6.92 Å². The van der Waals surface area contributed by atoms with E-state index in [1.54, 1.807) is 0 Å². The number of aromatic nitrogens is 2. The fourth-order valence-corrected chi connectivity index (χ4v) is 3.42. The number of carboxylic acids is 1. The molecule has 8 nitrogen and oxygen atoms in total. The molecule has 0 fully saturated rings. The minimum Gasteiger partial charge on any atom is -0.480 e. The molecular formula is C15H17N3O5S. The number of nitrogens with zero attached hydrogens (tertiary/aromatic N) is 2. The standard InChI is InChI=1S/C15H17N3O5S/c1-4-9-8(2)24-14(12(9)15(22)23-3)16-13(21)10-5-6-18(17-10)7-11(19)20/h5-6H,4,7H2,1-3H3,(H,16,21)(H,19,20). The Morgan fingerprint density at radius 3 is 2.71 bits per heavy atom. The van der Waals surface area contributed by atoms with Crippen LogP contribution in [0.1, 0.15) is 38.2 Å². The van der Waals surface area contributed by atoms with Crippen molar-refractivity contribution in [1.29, 1.82) is 0 Å². The highest BCUT2D eigenvalue weighted by Crippen LogP contribution is 2.34. The zero-order chi connectivity index (χ0) is 17.9. The molecule has 128 valence electrons. The topological polar surface area (TPSA) is 111 Å². The van der Waals surface area contributed by atoms with Crippen LogP contribution in [0.25, 0.3) is 0 Å². The van der Waals surface area contributed by atoms with Crippen molar-refractivity contribution < 1.29 is 24.2 Å². The van der Waals surface area contributed by atoms with Crippen LogP contribution >= 0.6 is 11.3 Å². The first kappa shape index (κ1) is 17.7. The molecule has 0 unspecified atom stereocenters. The number of carboxylic acid groups (broad SMARTS) is 1. The molecule has 0 saturated carbocycles. The third kappa shape index (κ3) is 3.62. The second-order valence-electron chi connectivity index (χ2n) is 4.93. The largest absolute Gasteiger partial charge is 0.480 e. The first-order valence-corrected chi connectivity index (χ1v) is 7.96. The summed E-state index contributed by atoms with van der Waals surface area (Å²) in [6.45, 7) is 3.45. The lowest BCUT2D eigenvalue weighted by Gasteiger charge is -2.05. The van der Waals surface area contributed by atoms with Crippen molar-refractivity contribution in [3.8, 4) is 0 Å². The molecule has 2 rings (SSSR count). The molecule has 0 bridgehead atoms. The van der Waals surface area contributed by atoms with Crippen molar-refractivity contribution in [2.75, 3.05) is 12.4 Å². The summed E-state index contributed by atoms with van der Waals surface area (Å²) in [5, 5.41) is 15.7. The Hall–Kier alpha value is -2.68. The van der Waals surface area contributed by atoms with Crippen molar-refractivity contribution in [1.82, 2.24) is 9.78 Å². The number of amides is 1. The first-order valence-electron chi connectivity index (χ1n) is 7.14. The maximum Gasteiger partial charge on any atom is 0.341 e. The fraction of sp³-hybridized carbons (Fsp3) is 0.333. The van der Waals surface area contributed by atoms with Crippen molar-refractivity contribution >= 4 is 34.2 Å². The number of hydrogen-bond acceptors (Lipinski definition) is 6. The number of hydrogen-bond donors (Lipinski definition) is 2. The second-order valence-corrected chi connectivity index (χ2v) is 6.16. The van der Waals surface area contributed by atoms with E-state index in [1.165, 1.54) is 30.7 Å². The number of thiophene rings is 1. The fourth-order valence-electron chi connectivity index (χ4n) is 2.29. The molecule has 0 radical (unpaired) electrons. The highest BCUT2D eigenvalue weighted by Gasteiger charge is 2.24. The molecule has 0 saturated heterocycles. The molecule has 2 aromatic heterocycles. The number of methoxy groups -OCH3 is 1. The van der Waals surface area contributed by atoms with E-state index in [4.69, 9.17) is 9.84 Å². The van der Waals surface area contributed by atoms with E-state index in [0.29, 0.717) is 17.0 Å². The number of aryl methyl sites for hydroxylation is 1. The average Bonchev–Trinajstić information content (AvgIpc) is 3.10. The molecule has 0 spiro atoms. The van der Waals surface area contributed by atoms with Gasteiger partial charge in [-0.3, -0.25) is 14.3 Å². The van der Waals surface area contributed by atoms with E-state index in [1.807, 2.05) is 13.8 Å². The Bertz CT molecular complexity index is 793. The number of carbonyl (C=O) groups is 3.